The van der Waals surface area contributed by atoms with E-state index in [9.17, 15) is 0 Å². The van der Waals surface area contributed by atoms with Gasteiger partial charge in [0.15, 0.2) is 0 Å². The standard InChI is InChI=1S/3C17H11N.Ir/c3*1-2-13-7-9-15(10-8-13)17-16-6-4-3-5-14(16)11-12-18-17;/h3*1,3-12H;. The molecule has 55 heavy (non-hydrogen) atoms. The Balaban J connectivity index is 0.000000139. The summed E-state index contributed by atoms with van der Waals surface area (Å²) in [6.45, 7) is 0. The maximum Gasteiger partial charge on any atom is 0.0780 e. The van der Waals surface area contributed by atoms with Crippen molar-refractivity contribution in [3.63, 3.8) is 0 Å². The first-order valence-corrected chi connectivity index (χ1v) is 17.4. The quantitative estimate of drug-likeness (QED) is 0.166. The van der Waals surface area contributed by atoms with E-state index in [2.05, 4.69) is 69.1 Å². The van der Waals surface area contributed by atoms with Crippen LogP contribution in [-0.4, -0.2) is 15.0 Å². The number of rotatable bonds is 3. The fourth-order valence-corrected chi connectivity index (χ4v) is 6.22. The molecule has 0 fully saturated rings. The normalized spacial score (nSPS) is 9.98. The van der Waals surface area contributed by atoms with Crippen LogP contribution < -0.4 is 0 Å². The Morgan fingerprint density at radius 1 is 0.309 bits per heavy atom. The average molecular weight is 880 g/mol. The minimum absolute atomic E-state index is 0. The van der Waals surface area contributed by atoms with Gasteiger partial charge in [-0.25, -0.2) is 0 Å². The molecule has 0 aliphatic carbocycles. The molecule has 6 aromatic carbocycles. The van der Waals surface area contributed by atoms with Gasteiger partial charge in [0.25, 0.3) is 0 Å². The smallest absolute Gasteiger partial charge is 0.0780 e. The summed E-state index contributed by atoms with van der Waals surface area (Å²) in [5.41, 5.74) is 8.92. The number of nitrogens with zero attached hydrogens (tertiary/aromatic N) is 3. The maximum atomic E-state index is 5.36. The van der Waals surface area contributed by atoms with Crippen LogP contribution in [0.1, 0.15) is 16.7 Å². The minimum Gasteiger partial charge on any atom is -0.256 e. The number of aromatic nitrogens is 3. The van der Waals surface area contributed by atoms with Crippen LogP contribution in [0.3, 0.4) is 0 Å². The van der Waals surface area contributed by atoms with E-state index in [1.165, 1.54) is 16.2 Å². The molecule has 0 aliphatic heterocycles. The summed E-state index contributed by atoms with van der Waals surface area (Å²) < 4.78 is 0. The molecule has 4 heteroatoms. The summed E-state index contributed by atoms with van der Waals surface area (Å²) in [6.07, 6.45) is 21.6. The third kappa shape index (κ3) is 8.75. The average Bonchev–Trinajstić information content (AvgIpc) is 3.26. The second-order valence-electron chi connectivity index (χ2n) is 12.3. The second-order valence-corrected chi connectivity index (χ2v) is 12.3. The zero-order chi connectivity index (χ0) is 37.1. The van der Waals surface area contributed by atoms with Gasteiger partial charge in [0, 0.05) is 88.2 Å². The van der Waals surface area contributed by atoms with Crippen molar-refractivity contribution >= 4 is 32.3 Å². The molecule has 3 aromatic heterocycles. The summed E-state index contributed by atoms with van der Waals surface area (Å²) in [5, 5.41) is 7.07. The van der Waals surface area contributed by atoms with Crippen LogP contribution in [0.2, 0.25) is 0 Å². The molecule has 0 aliphatic rings. The van der Waals surface area contributed by atoms with Gasteiger partial charge < -0.3 is 0 Å². The number of fused-ring (bicyclic) bond motifs is 3. The fraction of sp³-hybridized carbons (Fsp3) is 0. The van der Waals surface area contributed by atoms with Gasteiger partial charge in [0.05, 0.1) is 17.1 Å². The largest absolute Gasteiger partial charge is 0.256 e. The number of benzene rings is 6. The first kappa shape index (κ1) is 37.6. The molecule has 9 aromatic rings. The van der Waals surface area contributed by atoms with Gasteiger partial charge in [0.1, 0.15) is 0 Å². The van der Waals surface area contributed by atoms with E-state index in [4.69, 9.17) is 19.3 Å². The van der Waals surface area contributed by atoms with E-state index >= 15 is 0 Å². The Labute approximate surface area is 335 Å². The van der Waals surface area contributed by atoms with E-state index in [0.29, 0.717) is 0 Å². The molecule has 0 bridgehead atoms. The monoisotopic (exact) mass is 880 g/mol. The SMILES string of the molecule is C#Cc1ccc(-c2nccc3ccccc23)cc1.C#Cc1ccc(-c2nccc3ccccc23)cc1.C#Cc1ccc(-c2nccc3ccccc23)cc1.[Ir]. The molecule has 1 radical (unpaired) electrons. The minimum atomic E-state index is 0. The van der Waals surface area contributed by atoms with Crippen LogP contribution >= 0.6 is 0 Å². The van der Waals surface area contributed by atoms with Gasteiger partial charge >= 0.3 is 0 Å². The molecule has 9 rings (SSSR count). The van der Waals surface area contributed by atoms with E-state index in [-0.39, 0.29) is 20.1 Å². The molecule has 0 atom stereocenters. The van der Waals surface area contributed by atoms with Crippen molar-refractivity contribution < 1.29 is 20.1 Å². The summed E-state index contributed by atoms with van der Waals surface area (Å²) in [5.74, 6) is 7.87. The van der Waals surface area contributed by atoms with Crippen molar-refractivity contribution in [1.82, 2.24) is 15.0 Å². The predicted octanol–water partition coefficient (Wildman–Crippen LogP) is 11.6. The first-order valence-electron chi connectivity index (χ1n) is 17.4. The molecular formula is C51H33IrN3. The van der Waals surface area contributed by atoms with Crippen molar-refractivity contribution in [2.24, 2.45) is 0 Å². The third-order valence-electron chi connectivity index (χ3n) is 9.00. The number of hydrogen-bond donors (Lipinski definition) is 0. The molecule has 0 unspecified atom stereocenters. The molecule has 0 spiro atoms. The summed E-state index contributed by atoms with van der Waals surface area (Å²) in [7, 11) is 0. The Morgan fingerprint density at radius 3 is 0.818 bits per heavy atom. The molecule has 261 valence electrons. The van der Waals surface area contributed by atoms with Gasteiger partial charge in [-0.05, 0) is 70.8 Å². The Morgan fingerprint density at radius 2 is 0.564 bits per heavy atom. The summed E-state index contributed by atoms with van der Waals surface area (Å²) in [6, 6.07) is 54.6. The molecule has 0 saturated heterocycles. The van der Waals surface area contributed by atoms with Crippen LogP contribution in [-0.2, 0) is 20.1 Å². The van der Waals surface area contributed by atoms with Gasteiger partial charge in [-0.3, -0.25) is 15.0 Å². The first-order chi connectivity index (χ1) is 26.6. The number of pyridine rings is 3. The van der Waals surface area contributed by atoms with E-state index in [0.717, 1.165) is 66.6 Å². The van der Waals surface area contributed by atoms with Crippen LogP contribution in [0.15, 0.2) is 182 Å². The Kier molecular flexibility index (Phi) is 12.4. The third-order valence-corrected chi connectivity index (χ3v) is 9.00. The predicted molar refractivity (Wildman–Crippen MR) is 225 cm³/mol. The van der Waals surface area contributed by atoms with Gasteiger partial charge in [-0.1, -0.05) is 127 Å². The van der Waals surface area contributed by atoms with Crippen molar-refractivity contribution in [3.8, 4) is 70.8 Å². The van der Waals surface area contributed by atoms with Crippen molar-refractivity contribution in [2.75, 3.05) is 0 Å². The maximum absolute atomic E-state index is 5.36. The van der Waals surface area contributed by atoms with Crippen LogP contribution in [0, 0.1) is 37.0 Å². The van der Waals surface area contributed by atoms with Crippen molar-refractivity contribution in [3.05, 3.63) is 199 Å². The Bertz CT molecular complexity index is 2510. The van der Waals surface area contributed by atoms with E-state index in [1.54, 1.807) is 0 Å². The van der Waals surface area contributed by atoms with Crippen molar-refractivity contribution in [2.45, 2.75) is 0 Å². The molecule has 0 saturated carbocycles. The van der Waals surface area contributed by atoms with E-state index in [1.807, 2.05) is 146 Å². The second kappa shape index (κ2) is 18.1. The summed E-state index contributed by atoms with van der Waals surface area (Å²) >= 11 is 0. The molecule has 3 heterocycles. The van der Waals surface area contributed by atoms with Gasteiger partial charge in [-0.2, -0.15) is 0 Å². The van der Waals surface area contributed by atoms with E-state index < -0.39 is 0 Å². The van der Waals surface area contributed by atoms with Crippen LogP contribution in [0.4, 0.5) is 0 Å². The Hall–Kier alpha value is -7.12. The van der Waals surface area contributed by atoms with Gasteiger partial charge in [-0.15, -0.1) is 19.3 Å². The zero-order valence-electron chi connectivity index (χ0n) is 29.7. The fourth-order valence-electron chi connectivity index (χ4n) is 6.22. The van der Waals surface area contributed by atoms with Crippen molar-refractivity contribution in [1.29, 1.82) is 0 Å². The molecule has 3 nitrogen and oxygen atoms in total. The van der Waals surface area contributed by atoms with Gasteiger partial charge in [0.2, 0.25) is 0 Å². The molecule has 0 N–H and O–H groups in total. The number of hydrogen-bond acceptors (Lipinski definition) is 3. The molecule has 0 amide bonds. The van der Waals surface area contributed by atoms with Crippen LogP contribution in [0.5, 0.6) is 0 Å². The van der Waals surface area contributed by atoms with Crippen LogP contribution in [0.25, 0.3) is 66.1 Å². The topological polar surface area (TPSA) is 38.7 Å². The molecular weight excluding hydrogens is 847 g/mol. The number of terminal acetylenes is 3. The zero-order valence-corrected chi connectivity index (χ0v) is 32.1. The summed E-state index contributed by atoms with van der Waals surface area (Å²) in [4.78, 5) is 13.4.